The van der Waals surface area contributed by atoms with E-state index in [2.05, 4.69) is 0 Å². The Morgan fingerprint density at radius 3 is 1.82 bits per heavy atom. The van der Waals surface area contributed by atoms with Crippen molar-refractivity contribution >= 4 is 17.6 Å². The minimum Gasteiger partial charge on any atom is -0.497 e. The maximum Gasteiger partial charge on any atom is 0.354 e. The zero-order chi connectivity index (χ0) is 25.0. The van der Waals surface area contributed by atoms with Crippen molar-refractivity contribution in [2.24, 2.45) is 0 Å². The van der Waals surface area contributed by atoms with Crippen LogP contribution in [0, 0.1) is 0 Å². The lowest BCUT2D eigenvalue weighted by molar-refractivity contribution is -0.150. The van der Waals surface area contributed by atoms with E-state index in [4.69, 9.17) is 18.9 Å². The molecule has 1 aliphatic rings. The highest BCUT2D eigenvalue weighted by Gasteiger charge is 2.37. The molecule has 7 nitrogen and oxygen atoms in total. The van der Waals surface area contributed by atoms with Crippen molar-refractivity contribution in [1.29, 1.82) is 0 Å². The summed E-state index contributed by atoms with van der Waals surface area (Å²) in [4.78, 5) is 28.1. The summed E-state index contributed by atoms with van der Waals surface area (Å²) in [6, 6.07) is 14.6. The van der Waals surface area contributed by atoms with Crippen LogP contribution in [0.15, 0.2) is 71.6 Å². The lowest BCUT2D eigenvalue weighted by Crippen LogP contribution is -2.36. The molecule has 3 rings (SSSR count). The van der Waals surface area contributed by atoms with Gasteiger partial charge in [-0.15, -0.1) is 0 Å². The first-order valence-corrected chi connectivity index (χ1v) is 10.9. The Hall–Kier alpha value is -3.74. The standard InChI is InChI=1S/C27H31NO6/c1-17-24(26(30)34-27(2,3)4)22(18-8-12-20(31-5)13-9-18)16-23(25(29)33-7)28(17)19-10-14-21(32-6)15-11-19/h8-16,22H,1-7H3. The van der Waals surface area contributed by atoms with Gasteiger partial charge in [0.15, 0.2) is 0 Å². The number of methoxy groups -OCH3 is 3. The van der Waals surface area contributed by atoms with Gasteiger partial charge in [0.05, 0.1) is 26.9 Å². The molecule has 1 heterocycles. The van der Waals surface area contributed by atoms with Gasteiger partial charge in [0.1, 0.15) is 22.8 Å². The highest BCUT2D eigenvalue weighted by atomic mass is 16.6. The van der Waals surface area contributed by atoms with E-state index in [-0.39, 0.29) is 0 Å². The molecule has 0 bridgehead atoms. The van der Waals surface area contributed by atoms with Gasteiger partial charge in [-0.25, -0.2) is 9.59 Å². The van der Waals surface area contributed by atoms with Crippen molar-refractivity contribution in [2.45, 2.75) is 39.2 Å². The normalized spacial score (nSPS) is 16.0. The quantitative estimate of drug-likeness (QED) is 0.557. The van der Waals surface area contributed by atoms with Crippen LogP contribution in [0.25, 0.3) is 0 Å². The smallest absolute Gasteiger partial charge is 0.354 e. The van der Waals surface area contributed by atoms with Crippen molar-refractivity contribution in [3.63, 3.8) is 0 Å². The van der Waals surface area contributed by atoms with Crippen LogP contribution in [0.1, 0.15) is 39.2 Å². The van der Waals surface area contributed by atoms with Crippen LogP contribution in [0.2, 0.25) is 0 Å². The maximum atomic E-state index is 13.5. The Morgan fingerprint density at radius 1 is 0.824 bits per heavy atom. The minimum atomic E-state index is -0.688. The maximum absolute atomic E-state index is 13.5. The molecule has 0 aromatic heterocycles. The van der Waals surface area contributed by atoms with Crippen LogP contribution in [-0.4, -0.2) is 38.9 Å². The first kappa shape index (κ1) is 24.9. The predicted molar refractivity (Wildman–Crippen MR) is 130 cm³/mol. The largest absolute Gasteiger partial charge is 0.497 e. The summed E-state index contributed by atoms with van der Waals surface area (Å²) in [6.07, 6.45) is 1.74. The average Bonchev–Trinajstić information content (AvgIpc) is 2.81. The first-order chi connectivity index (χ1) is 16.1. The predicted octanol–water partition coefficient (Wildman–Crippen LogP) is 4.98. The van der Waals surface area contributed by atoms with E-state index in [0.717, 1.165) is 5.56 Å². The Labute approximate surface area is 200 Å². The van der Waals surface area contributed by atoms with E-state index in [1.54, 1.807) is 44.3 Å². The number of anilines is 1. The second kappa shape index (κ2) is 10.0. The van der Waals surface area contributed by atoms with Crippen LogP contribution < -0.4 is 14.4 Å². The molecule has 34 heavy (non-hydrogen) atoms. The van der Waals surface area contributed by atoms with Crippen molar-refractivity contribution in [1.82, 2.24) is 0 Å². The van der Waals surface area contributed by atoms with Gasteiger partial charge >= 0.3 is 11.9 Å². The van der Waals surface area contributed by atoms with E-state index in [1.807, 2.05) is 57.2 Å². The third kappa shape index (κ3) is 5.25. The number of carbonyl (C=O) groups excluding carboxylic acids is 2. The summed E-state index contributed by atoms with van der Waals surface area (Å²) in [5, 5.41) is 0. The number of nitrogens with zero attached hydrogens (tertiary/aromatic N) is 1. The van der Waals surface area contributed by atoms with Crippen molar-refractivity contribution in [3.8, 4) is 11.5 Å². The summed E-state index contributed by atoms with van der Waals surface area (Å²) < 4.78 is 21.4. The SMILES string of the molecule is COC(=O)C1=CC(c2ccc(OC)cc2)C(C(=O)OC(C)(C)C)=C(C)N1c1ccc(OC)cc1. The fourth-order valence-corrected chi connectivity index (χ4v) is 3.85. The number of ether oxygens (including phenoxy) is 4. The average molecular weight is 466 g/mol. The molecule has 1 unspecified atom stereocenters. The van der Waals surface area contributed by atoms with Crippen LogP contribution in [0.4, 0.5) is 5.69 Å². The first-order valence-electron chi connectivity index (χ1n) is 10.9. The van der Waals surface area contributed by atoms with Gasteiger partial charge in [-0.05, 0) is 75.7 Å². The number of allylic oxidation sites excluding steroid dienone is 2. The highest BCUT2D eigenvalue weighted by Crippen LogP contribution is 2.41. The molecule has 0 aliphatic carbocycles. The van der Waals surface area contributed by atoms with Gasteiger partial charge in [0.25, 0.3) is 0 Å². The topological polar surface area (TPSA) is 74.3 Å². The highest BCUT2D eigenvalue weighted by molar-refractivity contribution is 6.00. The summed E-state index contributed by atoms with van der Waals surface area (Å²) in [6.45, 7) is 7.27. The lowest BCUT2D eigenvalue weighted by atomic mass is 9.85. The van der Waals surface area contributed by atoms with E-state index in [1.165, 1.54) is 7.11 Å². The van der Waals surface area contributed by atoms with Crippen LogP contribution >= 0.6 is 0 Å². The van der Waals surface area contributed by atoms with E-state index < -0.39 is 23.5 Å². The Bertz CT molecular complexity index is 1110. The second-order valence-corrected chi connectivity index (χ2v) is 8.83. The molecule has 0 saturated heterocycles. The van der Waals surface area contributed by atoms with Gasteiger partial charge in [-0.2, -0.15) is 0 Å². The molecule has 0 N–H and O–H groups in total. The van der Waals surface area contributed by atoms with E-state index in [0.29, 0.717) is 34.2 Å². The molecule has 2 aromatic rings. The summed E-state index contributed by atoms with van der Waals surface area (Å²) in [5.41, 5.74) is 2.12. The van der Waals surface area contributed by atoms with Gasteiger partial charge in [0, 0.05) is 17.3 Å². The van der Waals surface area contributed by atoms with Crippen molar-refractivity contribution < 1.29 is 28.5 Å². The van der Waals surface area contributed by atoms with Crippen LogP contribution in [0.3, 0.4) is 0 Å². The van der Waals surface area contributed by atoms with Gasteiger partial charge < -0.3 is 23.8 Å². The second-order valence-electron chi connectivity index (χ2n) is 8.83. The summed E-state index contributed by atoms with van der Waals surface area (Å²) in [7, 11) is 4.51. The molecule has 1 atom stereocenters. The lowest BCUT2D eigenvalue weighted by Gasteiger charge is -2.35. The molecule has 2 aromatic carbocycles. The number of benzene rings is 2. The Morgan fingerprint density at radius 2 is 1.35 bits per heavy atom. The summed E-state index contributed by atoms with van der Waals surface area (Å²) in [5.74, 6) is -0.128. The van der Waals surface area contributed by atoms with Gasteiger partial charge in [0.2, 0.25) is 0 Å². The Kier molecular flexibility index (Phi) is 7.35. The van der Waals surface area contributed by atoms with E-state index >= 15 is 0 Å². The molecule has 0 fully saturated rings. The minimum absolute atomic E-state index is 0.304. The molecule has 7 heteroatoms. The number of carbonyl (C=O) groups is 2. The summed E-state index contributed by atoms with van der Waals surface area (Å²) >= 11 is 0. The molecule has 1 aliphatic heterocycles. The number of esters is 2. The van der Waals surface area contributed by atoms with E-state index in [9.17, 15) is 9.59 Å². The number of hydrogen-bond donors (Lipinski definition) is 0. The number of rotatable bonds is 6. The molecule has 0 saturated carbocycles. The zero-order valence-electron chi connectivity index (χ0n) is 20.7. The van der Waals surface area contributed by atoms with Crippen molar-refractivity contribution in [2.75, 3.05) is 26.2 Å². The third-order valence-corrected chi connectivity index (χ3v) is 5.42. The van der Waals surface area contributed by atoms with Gasteiger partial charge in [-0.3, -0.25) is 0 Å². The number of hydrogen-bond acceptors (Lipinski definition) is 7. The molecule has 180 valence electrons. The fourth-order valence-electron chi connectivity index (χ4n) is 3.85. The van der Waals surface area contributed by atoms with Crippen LogP contribution in [-0.2, 0) is 19.1 Å². The third-order valence-electron chi connectivity index (χ3n) is 5.42. The van der Waals surface area contributed by atoms with Crippen LogP contribution in [0.5, 0.6) is 11.5 Å². The van der Waals surface area contributed by atoms with Crippen molar-refractivity contribution in [3.05, 3.63) is 77.1 Å². The Balaban J connectivity index is 2.22. The molecule has 0 amide bonds. The molecule has 0 radical (unpaired) electrons. The molecular formula is C27H31NO6. The zero-order valence-corrected chi connectivity index (χ0v) is 20.7. The molecule has 0 spiro atoms. The fraction of sp³-hybridized carbons (Fsp3) is 0.333. The monoisotopic (exact) mass is 465 g/mol. The van der Waals surface area contributed by atoms with Gasteiger partial charge in [-0.1, -0.05) is 12.1 Å². The molecular weight excluding hydrogens is 434 g/mol.